The molecule has 2 rings (SSSR count). The molecular weight excluding hydrogens is 344 g/mol. The van der Waals surface area contributed by atoms with E-state index in [1.807, 2.05) is 30.3 Å². The first-order valence-corrected chi connectivity index (χ1v) is 7.60. The molecule has 2 aromatic rings. The average molecular weight is 367 g/mol. The quantitative estimate of drug-likeness (QED) is 0.749. The first-order chi connectivity index (χ1) is 11.7. The molecule has 7 heteroatoms. The molecule has 136 valence electrons. The maximum absolute atomic E-state index is 12.1. The molecule has 25 heavy (non-hydrogen) atoms. The number of nitrogens with two attached hydrogens (primary N) is 1. The van der Waals surface area contributed by atoms with Crippen LogP contribution < -0.4 is 25.3 Å². The van der Waals surface area contributed by atoms with Crippen LogP contribution >= 0.6 is 12.4 Å². The van der Waals surface area contributed by atoms with Crippen LogP contribution in [0.1, 0.15) is 15.9 Å². The summed E-state index contributed by atoms with van der Waals surface area (Å²) < 4.78 is 16.6. The van der Waals surface area contributed by atoms with Crippen LogP contribution in [-0.4, -0.2) is 33.2 Å². The Morgan fingerprint density at radius 2 is 1.68 bits per heavy atom. The maximum atomic E-state index is 12.1. The molecule has 6 nitrogen and oxygen atoms in total. The number of nitrogens with one attached hydrogen (secondary N) is 1. The molecule has 0 saturated carbocycles. The summed E-state index contributed by atoms with van der Waals surface area (Å²) >= 11 is 0. The molecule has 2 aromatic carbocycles. The van der Waals surface area contributed by atoms with Crippen molar-refractivity contribution < 1.29 is 19.0 Å². The normalized spacial score (nSPS) is 9.72. The van der Waals surface area contributed by atoms with Crippen LogP contribution in [0.4, 0.5) is 0 Å². The van der Waals surface area contributed by atoms with Gasteiger partial charge in [0.2, 0.25) is 5.75 Å². The van der Waals surface area contributed by atoms with Gasteiger partial charge in [-0.25, -0.2) is 0 Å². The Balaban J connectivity index is 0.00000312. The van der Waals surface area contributed by atoms with Crippen molar-refractivity contribution in [3.8, 4) is 17.2 Å². The van der Waals surface area contributed by atoms with E-state index in [0.29, 0.717) is 42.5 Å². The van der Waals surface area contributed by atoms with Gasteiger partial charge in [-0.2, -0.15) is 0 Å². The molecule has 0 spiro atoms. The number of methoxy groups -OCH3 is 2. The summed E-state index contributed by atoms with van der Waals surface area (Å²) in [4.78, 5) is 12.1. The molecule has 0 atom stereocenters. The van der Waals surface area contributed by atoms with Gasteiger partial charge < -0.3 is 25.3 Å². The van der Waals surface area contributed by atoms with Crippen LogP contribution in [0, 0.1) is 0 Å². The van der Waals surface area contributed by atoms with Crippen molar-refractivity contribution in [1.82, 2.24) is 5.32 Å². The van der Waals surface area contributed by atoms with E-state index in [4.69, 9.17) is 19.9 Å². The smallest absolute Gasteiger partial charge is 0.251 e. The van der Waals surface area contributed by atoms with Crippen molar-refractivity contribution in [2.24, 2.45) is 5.73 Å². The van der Waals surface area contributed by atoms with Crippen LogP contribution in [0.2, 0.25) is 0 Å². The number of rotatable bonds is 8. The van der Waals surface area contributed by atoms with E-state index in [1.54, 1.807) is 12.1 Å². The van der Waals surface area contributed by atoms with E-state index in [0.717, 1.165) is 5.56 Å². The molecule has 0 fully saturated rings. The summed E-state index contributed by atoms with van der Waals surface area (Å²) in [5, 5.41) is 2.71. The second kappa shape index (κ2) is 10.4. The lowest BCUT2D eigenvalue weighted by atomic mass is 10.1. The number of hydrogen-bond donors (Lipinski definition) is 2. The van der Waals surface area contributed by atoms with Crippen molar-refractivity contribution in [3.63, 3.8) is 0 Å². The van der Waals surface area contributed by atoms with E-state index in [1.165, 1.54) is 14.2 Å². The van der Waals surface area contributed by atoms with Crippen LogP contribution in [0.3, 0.4) is 0 Å². The van der Waals surface area contributed by atoms with Gasteiger partial charge in [-0.3, -0.25) is 4.79 Å². The van der Waals surface area contributed by atoms with Gasteiger partial charge in [0.1, 0.15) is 6.61 Å². The summed E-state index contributed by atoms with van der Waals surface area (Å²) in [6.45, 7) is 1.14. The maximum Gasteiger partial charge on any atom is 0.251 e. The Morgan fingerprint density at radius 1 is 1.08 bits per heavy atom. The van der Waals surface area contributed by atoms with Crippen LogP contribution in [0.15, 0.2) is 42.5 Å². The first kappa shape index (κ1) is 20.6. The summed E-state index contributed by atoms with van der Waals surface area (Å²) in [5.41, 5.74) is 6.84. The second-order valence-electron chi connectivity index (χ2n) is 5.03. The number of amides is 1. The van der Waals surface area contributed by atoms with Gasteiger partial charge in [-0.1, -0.05) is 30.3 Å². The topological polar surface area (TPSA) is 82.8 Å². The molecule has 0 bridgehead atoms. The summed E-state index contributed by atoms with van der Waals surface area (Å²) in [6.07, 6.45) is 0. The number of carbonyl (C=O) groups excluding carboxylic acids is 1. The molecular formula is C18H23ClN2O4. The summed E-state index contributed by atoms with van der Waals surface area (Å²) in [6, 6.07) is 13.0. The average Bonchev–Trinajstić information content (AvgIpc) is 2.64. The van der Waals surface area contributed by atoms with Gasteiger partial charge in [0.25, 0.3) is 5.91 Å². The highest BCUT2D eigenvalue weighted by Gasteiger charge is 2.17. The van der Waals surface area contributed by atoms with E-state index in [9.17, 15) is 4.79 Å². The lowest BCUT2D eigenvalue weighted by Gasteiger charge is -2.16. The molecule has 0 aliphatic heterocycles. The summed E-state index contributed by atoms with van der Waals surface area (Å²) in [5.74, 6) is 1.08. The van der Waals surface area contributed by atoms with Crippen molar-refractivity contribution in [2.75, 3.05) is 27.3 Å². The Bertz CT molecular complexity index is 655. The van der Waals surface area contributed by atoms with Crippen LogP contribution in [-0.2, 0) is 6.61 Å². The zero-order valence-corrected chi connectivity index (χ0v) is 15.1. The predicted octanol–water partition coefficient (Wildman–Crippen LogP) is 2.39. The highest BCUT2D eigenvalue weighted by atomic mass is 35.5. The molecule has 0 radical (unpaired) electrons. The van der Waals surface area contributed by atoms with Gasteiger partial charge >= 0.3 is 0 Å². The third kappa shape index (κ3) is 5.55. The molecule has 0 aromatic heterocycles. The molecule has 0 aliphatic carbocycles. The fourth-order valence-electron chi connectivity index (χ4n) is 2.17. The predicted molar refractivity (Wildman–Crippen MR) is 99.0 cm³/mol. The molecule has 0 heterocycles. The fraction of sp³-hybridized carbons (Fsp3) is 0.278. The zero-order valence-electron chi connectivity index (χ0n) is 14.3. The largest absolute Gasteiger partial charge is 0.493 e. The summed E-state index contributed by atoms with van der Waals surface area (Å²) in [7, 11) is 3.04. The van der Waals surface area contributed by atoms with Crippen LogP contribution in [0.25, 0.3) is 0 Å². The Hall–Kier alpha value is -2.44. The number of carbonyl (C=O) groups is 1. The van der Waals surface area contributed by atoms with Crippen molar-refractivity contribution >= 4 is 18.3 Å². The van der Waals surface area contributed by atoms with Crippen molar-refractivity contribution in [3.05, 3.63) is 53.6 Å². The van der Waals surface area contributed by atoms with Crippen LogP contribution in [0.5, 0.6) is 17.2 Å². The van der Waals surface area contributed by atoms with Gasteiger partial charge in [0, 0.05) is 18.7 Å². The third-order valence-electron chi connectivity index (χ3n) is 3.38. The zero-order chi connectivity index (χ0) is 17.4. The standard InChI is InChI=1S/C18H22N2O4.ClH/c1-22-15-10-14(18(21)20-9-8-19)11-16(23-2)17(15)24-12-13-6-4-3-5-7-13;/h3-7,10-11H,8-9,12,19H2,1-2H3,(H,20,21);1H. The minimum Gasteiger partial charge on any atom is -0.493 e. The lowest BCUT2D eigenvalue weighted by Crippen LogP contribution is -2.29. The van der Waals surface area contributed by atoms with Gasteiger partial charge in [0.05, 0.1) is 14.2 Å². The van der Waals surface area contributed by atoms with E-state index in [2.05, 4.69) is 5.32 Å². The molecule has 0 saturated heterocycles. The molecule has 3 N–H and O–H groups in total. The SMILES string of the molecule is COc1cc(C(=O)NCCN)cc(OC)c1OCc1ccccc1.Cl. The number of benzene rings is 2. The van der Waals surface area contributed by atoms with E-state index < -0.39 is 0 Å². The highest BCUT2D eigenvalue weighted by molar-refractivity contribution is 5.95. The Labute approximate surface area is 153 Å². The fourth-order valence-corrected chi connectivity index (χ4v) is 2.17. The van der Waals surface area contributed by atoms with Crippen molar-refractivity contribution in [1.29, 1.82) is 0 Å². The van der Waals surface area contributed by atoms with Gasteiger partial charge in [0.15, 0.2) is 11.5 Å². The highest BCUT2D eigenvalue weighted by Crippen LogP contribution is 2.39. The second-order valence-corrected chi connectivity index (χ2v) is 5.03. The minimum absolute atomic E-state index is 0. The first-order valence-electron chi connectivity index (χ1n) is 7.60. The number of halogens is 1. The molecule has 0 unspecified atom stereocenters. The Morgan fingerprint density at radius 3 is 2.20 bits per heavy atom. The molecule has 1 amide bonds. The van der Waals surface area contributed by atoms with Crippen molar-refractivity contribution in [2.45, 2.75) is 6.61 Å². The lowest BCUT2D eigenvalue weighted by molar-refractivity contribution is 0.0954. The van der Waals surface area contributed by atoms with Gasteiger partial charge in [-0.05, 0) is 17.7 Å². The van der Waals surface area contributed by atoms with E-state index >= 15 is 0 Å². The Kier molecular flexibility index (Phi) is 8.60. The molecule has 0 aliphatic rings. The van der Waals surface area contributed by atoms with Gasteiger partial charge in [-0.15, -0.1) is 12.4 Å². The third-order valence-corrected chi connectivity index (χ3v) is 3.38. The number of hydrogen-bond acceptors (Lipinski definition) is 5. The minimum atomic E-state index is -0.244. The monoisotopic (exact) mass is 366 g/mol. The van der Waals surface area contributed by atoms with E-state index in [-0.39, 0.29) is 18.3 Å². The number of ether oxygens (including phenoxy) is 3.